The van der Waals surface area contributed by atoms with Crippen molar-refractivity contribution >= 4 is 17.5 Å². The fourth-order valence-electron chi connectivity index (χ4n) is 2.45. The van der Waals surface area contributed by atoms with Crippen LogP contribution in [0.1, 0.15) is 39.5 Å². The van der Waals surface area contributed by atoms with Crippen LogP contribution in [0.4, 0.5) is 14.5 Å². The van der Waals surface area contributed by atoms with Gasteiger partial charge in [-0.15, -0.1) is 0 Å². The summed E-state index contributed by atoms with van der Waals surface area (Å²) in [5.74, 6) is -2.70. The first kappa shape index (κ1) is 17.2. The SMILES string of the molecule is CC(C)Oc1c(F)cc(NC(=O)CC2CCCC(=O)N2)cc1F. The molecule has 1 heterocycles. The second kappa shape index (κ2) is 7.39. The molecule has 1 aromatic rings. The van der Waals surface area contributed by atoms with Gasteiger partial charge in [-0.05, 0) is 26.7 Å². The Kier molecular flexibility index (Phi) is 5.52. The molecule has 23 heavy (non-hydrogen) atoms. The lowest BCUT2D eigenvalue weighted by molar-refractivity contribution is -0.124. The topological polar surface area (TPSA) is 67.4 Å². The Balaban J connectivity index is 1.99. The highest BCUT2D eigenvalue weighted by Gasteiger charge is 2.21. The van der Waals surface area contributed by atoms with E-state index in [2.05, 4.69) is 10.6 Å². The fraction of sp³-hybridized carbons (Fsp3) is 0.500. The van der Waals surface area contributed by atoms with Gasteiger partial charge in [-0.1, -0.05) is 0 Å². The second-order valence-corrected chi connectivity index (χ2v) is 5.84. The summed E-state index contributed by atoms with van der Waals surface area (Å²) in [6.07, 6.45) is 1.61. The molecule has 0 aromatic heterocycles. The zero-order valence-corrected chi connectivity index (χ0v) is 13.1. The van der Waals surface area contributed by atoms with E-state index >= 15 is 0 Å². The van der Waals surface area contributed by atoms with Crippen molar-refractivity contribution < 1.29 is 23.1 Å². The van der Waals surface area contributed by atoms with Crippen molar-refractivity contribution in [2.45, 2.75) is 51.7 Å². The predicted molar refractivity (Wildman–Crippen MR) is 81.2 cm³/mol. The molecule has 0 aliphatic carbocycles. The number of halogens is 2. The molecular formula is C16H20F2N2O3. The summed E-state index contributed by atoms with van der Waals surface area (Å²) in [6.45, 7) is 3.32. The molecule has 0 bridgehead atoms. The van der Waals surface area contributed by atoms with Crippen LogP contribution in [-0.4, -0.2) is 24.0 Å². The minimum Gasteiger partial charge on any atom is -0.485 e. The number of carbonyl (C=O) groups is 2. The molecule has 2 N–H and O–H groups in total. The van der Waals surface area contributed by atoms with Gasteiger partial charge in [0, 0.05) is 36.7 Å². The molecule has 0 saturated carbocycles. The fourth-order valence-corrected chi connectivity index (χ4v) is 2.45. The summed E-state index contributed by atoms with van der Waals surface area (Å²) < 4.78 is 32.8. The first-order valence-corrected chi connectivity index (χ1v) is 7.60. The first-order valence-electron chi connectivity index (χ1n) is 7.60. The van der Waals surface area contributed by atoms with Crippen LogP contribution in [0.25, 0.3) is 0 Å². The Morgan fingerprint density at radius 2 is 2.04 bits per heavy atom. The number of hydrogen-bond donors (Lipinski definition) is 2. The van der Waals surface area contributed by atoms with Gasteiger partial charge in [0.15, 0.2) is 17.4 Å². The van der Waals surface area contributed by atoms with Crippen molar-refractivity contribution in [2.24, 2.45) is 0 Å². The molecule has 0 radical (unpaired) electrons. The molecule has 1 aliphatic heterocycles. The molecule has 2 amide bonds. The average Bonchev–Trinajstić information content (AvgIpc) is 2.42. The lowest BCUT2D eigenvalue weighted by Gasteiger charge is -2.22. The highest BCUT2D eigenvalue weighted by molar-refractivity contribution is 5.91. The van der Waals surface area contributed by atoms with Crippen molar-refractivity contribution in [1.82, 2.24) is 5.32 Å². The standard InChI is InChI=1S/C16H20F2N2O3/c1-9(2)23-16-12(17)6-11(7-13(16)18)20-15(22)8-10-4-3-5-14(21)19-10/h6-7,9-10H,3-5,8H2,1-2H3,(H,19,21)(H,20,22). The highest BCUT2D eigenvalue weighted by Crippen LogP contribution is 2.27. The predicted octanol–water partition coefficient (Wildman–Crippen LogP) is 2.75. The van der Waals surface area contributed by atoms with E-state index in [0.29, 0.717) is 12.8 Å². The first-order chi connectivity index (χ1) is 10.8. The quantitative estimate of drug-likeness (QED) is 0.874. The summed E-state index contributed by atoms with van der Waals surface area (Å²) in [5, 5.41) is 5.16. The van der Waals surface area contributed by atoms with Gasteiger partial charge < -0.3 is 15.4 Å². The molecular weight excluding hydrogens is 306 g/mol. The van der Waals surface area contributed by atoms with E-state index in [-0.39, 0.29) is 30.2 Å². The van der Waals surface area contributed by atoms with Crippen LogP contribution < -0.4 is 15.4 Å². The maximum atomic E-state index is 13.9. The third-order valence-electron chi connectivity index (χ3n) is 3.39. The summed E-state index contributed by atoms with van der Waals surface area (Å²) in [7, 11) is 0. The number of piperidine rings is 1. The monoisotopic (exact) mass is 326 g/mol. The third-order valence-corrected chi connectivity index (χ3v) is 3.39. The van der Waals surface area contributed by atoms with Gasteiger partial charge >= 0.3 is 0 Å². The summed E-state index contributed by atoms with van der Waals surface area (Å²) in [6, 6.07) is 1.78. The van der Waals surface area contributed by atoms with Gasteiger partial charge in [0.2, 0.25) is 11.8 Å². The van der Waals surface area contributed by atoms with E-state index in [9.17, 15) is 18.4 Å². The summed E-state index contributed by atoms with van der Waals surface area (Å²) in [4.78, 5) is 23.2. The Morgan fingerprint density at radius 1 is 1.39 bits per heavy atom. The molecule has 1 unspecified atom stereocenters. The van der Waals surface area contributed by atoms with Gasteiger partial charge in [0.05, 0.1) is 6.10 Å². The molecule has 1 aliphatic rings. The van der Waals surface area contributed by atoms with Crippen molar-refractivity contribution in [3.63, 3.8) is 0 Å². The normalized spacial score (nSPS) is 17.8. The van der Waals surface area contributed by atoms with Gasteiger partial charge in [-0.25, -0.2) is 8.78 Å². The number of carbonyl (C=O) groups excluding carboxylic acids is 2. The van der Waals surface area contributed by atoms with E-state index in [1.807, 2.05) is 0 Å². The Bertz CT molecular complexity index is 582. The number of hydrogen-bond acceptors (Lipinski definition) is 3. The van der Waals surface area contributed by atoms with E-state index in [4.69, 9.17) is 4.74 Å². The number of benzene rings is 1. The van der Waals surface area contributed by atoms with Crippen LogP contribution in [0.2, 0.25) is 0 Å². The van der Waals surface area contributed by atoms with Gasteiger partial charge in [0.25, 0.3) is 0 Å². The van der Waals surface area contributed by atoms with Crippen LogP contribution in [0.15, 0.2) is 12.1 Å². The lowest BCUT2D eigenvalue weighted by Crippen LogP contribution is -2.40. The number of anilines is 1. The second-order valence-electron chi connectivity index (χ2n) is 5.84. The molecule has 1 saturated heterocycles. The van der Waals surface area contributed by atoms with E-state index in [0.717, 1.165) is 18.6 Å². The maximum Gasteiger partial charge on any atom is 0.226 e. The minimum atomic E-state index is -0.875. The van der Waals surface area contributed by atoms with Crippen LogP contribution >= 0.6 is 0 Å². The number of ether oxygens (including phenoxy) is 1. The smallest absolute Gasteiger partial charge is 0.226 e. The highest BCUT2D eigenvalue weighted by atomic mass is 19.1. The minimum absolute atomic E-state index is 0.0169. The molecule has 1 atom stereocenters. The average molecular weight is 326 g/mol. The zero-order chi connectivity index (χ0) is 17.0. The van der Waals surface area contributed by atoms with Crippen LogP contribution in [-0.2, 0) is 9.59 Å². The maximum absolute atomic E-state index is 13.9. The molecule has 2 rings (SSSR count). The molecule has 0 spiro atoms. The number of nitrogens with one attached hydrogen (secondary N) is 2. The summed E-state index contributed by atoms with van der Waals surface area (Å²) >= 11 is 0. The Hall–Kier alpha value is -2.18. The Morgan fingerprint density at radius 3 is 2.61 bits per heavy atom. The molecule has 126 valence electrons. The van der Waals surface area contributed by atoms with Crippen LogP contribution in [0.5, 0.6) is 5.75 Å². The van der Waals surface area contributed by atoms with Crippen LogP contribution in [0.3, 0.4) is 0 Å². The summed E-state index contributed by atoms with van der Waals surface area (Å²) in [5.41, 5.74) is 0.0169. The third kappa shape index (κ3) is 4.91. The molecule has 1 fully saturated rings. The largest absolute Gasteiger partial charge is 0.485 e. The van der Waals surface area contributed by atoms with E-state index in [1.165, 1.54) is 0 Å². The molecule has 5 nitrogen and oxygen atoms in total. The van der Waals surface area contributed by atoms with E-state index < -0.39 is 23.3 Å². The van der Waals surface area contributed by atoms with Gasteiger partial charge in [-0.2, -0.15) is 0 Å². The van der Waals surface area contributed by atoms with Crippen molar-refractivity contribution in [3.05, 3.63) is 23.8 Å². The van der Waals surface area contributed by atoms with E-state index in [1.54, 1.807) is 13.8 Å². The van der Waals surface area contributed by atoms with Crippen molar-refractivity contribution in [2.75, 3.05) is 5.32 Å². The lowest BCUT2D eigenvalue weighted by atomic mass is 10.0. The number of rotatable bonds is 5. The van der Waals surface area contributed by atoms with Crippen molar-refractivity contribution in [1.29, 1.82) is 0 Å². The number of amides is 2. The Labute approximate surface area is 133 Å². The molecule has 1 aromatic carbocycles. The van der Waals surface area contributed by atoms with Crippen LogP contribution in [0, 0.1) is 11.6 Å². The molecule has 7 heteroatoms. The van der Waals surface area contributed by atoms with Crippen molar-refractivity contribution in [3.8, 4) is 5.75 Å². The zero-order valence-electron chi connectivity index (χ0n) is 13.1. The van der Waals surface area contributed by atoms with Gasteiger partial charge in [0.1, 0.15) is 0 Å². The van der Waals surface area contributed by atoms with Gasteiger partial charge in [-0.3, -0.25) is 9.59 Å².